The smallest absolute Gasteiger partial charge is 0.0684 e. The molecular weight excluding hydrogens is 160 g/mol. The Labute approximate surface area is 80.4 Å². The Bertz CT molecular complexity index is 267. The van der Waals surface area contributed by atoms with Crippen molar-refractivity contribution in [1.29, 1.82) is 0 Å². The van der Waals surface area contributed by atoms with Crippen molar-refractivity contribution in [3.8, 4) is 0 Å². The van der Waals surface area contributed by atoms with Crippen LogP contribution in [0, 0.1) is 0 Å². The number of aromatic nitrogens is 2. The summed E-state index contributed by atoms with van der Waals surface area (Å²) in [6.45, 7) is 10.7. The summed E-state index contributed by atoms with van der Waals surface area (Å²) >= 11 is 0. The maximum Gasteiger partial charge on any atom is 0.0684 e. The predicted molar refractivity (Wildman–Crippen MR) is 54.8 cm³/mol. The fraction of sp³-hybridized carbons (Fsp3) is 0.636. The van der Waals surface area contributed by atoms with Crippen molar-refractivity contribution in [2.45, 2.75) is 46.0 Å². The zero-order chi connectivity index (χ0) is 10.1. The van der Waals surface area contributed by atoms with Crippen molar-refractivity contribution in [2.75, 3.05) is 0 Å². The van der Waals surface area contributed by atoms with Crippen LogP contribution in [-0.4, -0.2) is 10.2 Å². The van der Waals surface area contributed by atoms with Crippen LogP contribution in [-0.2, 0) is 5.41 Å². The van der Waals surface area contributed by atoms with Gasteiger partial charge in [-0.15, -0.1) is 0 Å². The lowest BCUT2D eigenvalue weighted by molar-refractivity contribution is 0.554. The van der Waals surface area contributed by atoms with E-state index in [9.17, 15) is 0 Å². The van der Waals surface area contributed by atoms with Crippen LogP contribution in [0.2, 0.25) is 0 Å². The lowest BCUT2D eigenvalue weighted by atomic mass is 9.92. The summed E-state index contributed by atoms with van der Waals surface area (Å²) in [5.74, 6) is 0.460. The third kappa shape index (κ3) is 2.51. The molecule has 0 aromatic carbocycles. The van der Waals surface area contributed by atoms with Crippen molar-refractivity contribution < 1.29 is 0 Å². The Hall–Kier alpha value is -0.920. The molecule has 0 bridgehead atoms. The zero-order valence-corrected chi connectivity index (χ0v) is 9.13. The molecule has 0 aliphatic heterocycles. The minimum absolute atomic E-state index is 0.0997. The fourth-order valence-electron chi connectivity index (χ4n) is 1.05. The molecule has 2 nitrogen and oxygen atoms in total. The topological polar surface area (TPSA) is 25.8 Å². The molecule has 0 unspecified atom stereocenters. The molecule has 0 amide bonds. The second kappa shape index (κ2) is 3.44. The van der Waals surface area contributed by atoms with Gasteiger partial charge in [-0.2, -0.15) is 10.2 Å². The molecule has 1 aromatic rings. The Balaban J connectivity index is 2.94. The molecule has 13 heavy (non-hydrogen) atoms. The summed E-state index contributed by atoms with van der Waals surface area (Å²) in [5.41, 5.74) is 2.22. The normalized spacial score (nSPS) is 12.2. The first-order valence-corrected chi connectivity index (χ1v) is 4.75. The van der Waals surface area contributed by atoms with Crippen LogP contribution < -0.4 is 0 Å². The van der Waals surface area contributed by atoms with Crippen LogP contribution in [0.4, 0.5) is 0 Å². The molecule has 2 heteroatoms. The summed E-state index contributed by atoms with van der Waals surface area (Å²) in [6, 6.07) is 4.14. The van der Waals surface area contributed by atoms with Crippen LogP contribution in [0.15, 0.2) is 12.1 Å². The maximum absolute atomic E-state index is 4.22. The van der Waals surface area contributed by atoms with Crippen molar-refractivity contribution in [2.24, 2.45) is 0 Å². The van der Waals surface area contributed by atoms with Gasteiger partial charge in [0.1, 0.15) is 0 Å². The SMILES string of the molecule is CC(C)c1ccc(C(C)(C)C)nn1. The Morgan fingerprint density at radius 3 is 2.00 bits per heavy atom. The highest BCUT2D eigenvalue weighted by molar-refractivity contribution is 5.15. The van der Waals surface area contributed by atoms with E-state index in [0.717, 1.165) is 11.4 Å². The molecule has 1 heterocycles. The summed E-state index contributed by atoms with van der Waals surface area (Å²) in [7, 11) is 0. The highest BCUT2D eigenvalue weighted by Gasteiger charge is 2.15. The molecule has 0 saturated carbocycles. The molecule has 0 radical (unpaired) electrons. The van der Waals surface area contributed by atoms with Crippen LogP contribution in [0.3, 0.4) is 0 Å². The van der Waals surface area contributed by atoms with E-state index in [0.29, 0.717) is 5.92 Å². The van der Waals surface area contributed by atoms with Gasteiger partial charge in [0.2, 0.25) is 0 Å². The van der Waals surface area contributed by atoms with E-state index in [1.54, 1.807) is 0 Å². The Morgan fingerprint density at radius 2 is 1.69 bits per heavy atom. The lowest BCUT2D eigenvalue weighted by Crippen LogP contribution is -2.14. The molecule has 0 aliphatic carbocycles. The van der Waals surface area contributed by atoms with Crippen molar-refractivity contribution >= 4 is 0 Å². The van der Waals surface area contributed by atoms with Gasteiger partial charge in [0.05, 0.1) is 11.4 Å². The van der Waals surface area contributed by atoms with Gasteiger partial charge in [-0.3, -0.25) is 0 Å². The first kappa shape index (κ1) is 10.2. The van der Waals surface area contributed by atoms with Gasteiger partial charge >= 0.3 is 0 Å². The van der Waals surface area contributed by atoms with Gasteiger partial charge in [-0.25, -0.2) is 0 Å². The summed E-state index contributed by atoms with van der Waals surface area (Å²) in [6.07, 6.45) is 0. The van der Waals surface area contributed by atoms with Gasteiger partial charge in [0, 0.05) is 5.41 Å². The molecule has 72 valence electrons. The van der Waals surface area contributed by atoms with Crippen molar-refractivity contribution in [3.63, 3.8) is 0 Å². The molecule has 0 atom stereocenters. The van der Waals surface area contributed by atoms with E-state index in [-0.39, 0.29) is 5.41 Å². The minimum atomic E-state index is 0.0997. The number of hydrogen-bond acceptors (Lipinski definition) is 2. The maximum atomic E-state index is 4.22. The van der Waals surface area contributed by atoms with E-state index in [2.05, 4.69) is 56.9 Å². The van der Waals surface area contributed by atoms with E-state index < -0.39 is 0 Å². The van der Waals surface area contributed by atoms with E-state index in [1.165, 1.54) is 0 Å². The molecule has 1 rings (SSSR count). The Kier molecular flexibility index (Phi) is 2.69. The van der Waals surface area contributed by atoms with Crippen LogP contribution in [0.5, 0.6) is 0 Å². The molecule has 0 spiro atoms. The quantitative estimate of drug-likeness (QED) is 0.660. The predicted octanol–water partition coefficient (Wildman–Crippen LogP) is 2.90. The van der Waals surface area contributed by atoms with Crippen molar-refractivity contribution in [3.05, 3.63) is 23.5 Å². The van der Waals surface area contributed by atoms with E-state index in [1.807, 2.05) is 0 Å². The third-order valence-corrected chi connectivity index (χ3v) is 2.05. The number of hydrogen-bond donors (Lipinski definition) is 0. The second-order valence-electron chi connectivity index (χ2n) is 4.75. The van der Waals surface area contributed by atoms with Gasteiger partial charge in [0.15, 0.2) is 0 Å². The van der Waals surface area contributed by atoms with E-state index in [4.69, 9.17) is 0 Å². The molecule has 1 aromatic heterocycles. The van der Waals surface area contributed by atoms with Crippen LogP contribution in [0.25, 0.3) is 0 Å². The lowest BCUT2D eigenvalue weighted by Gasteiger charge is -2.16. The fourth-order valence-corrected chi connectivity index (χ4v) is 1.05. The molecular formula is C11H18N2. The zero-order valence-electron chi connectivity index (χ0n) is 9.13. The Morgan fingerprint density at radius 1 is 1.08 bits per heavy atom. The van der Waals surface area contributed by atoms with Crippen LogP contribution >= 0.6 is 0 Å². The second-order valence-corrected chi connectivity index (χ2v) is 4.75. The van der Waals surface area contributed by atoms with Gasteiger partial charge in [-0.05, 0) is 18.1 Å². The van der Waals surface area contributed by atoms with Gasteiger partial charge in [0.25, 0.3) is 0 Å². The first-order valence-electron chi connectivity index (χ1n) is 4.75. The number of rotatable bonds is 1. The minimum Gasteiger partial charge on any atom is -0.155 e. The average molecular weight is 178 g/mol. The monoisotopic (exact) mass is 178 g/mol. The largest absolute Gasteiger partial charge is 0.155 e. The summed E-state index contributed by atoms with van der Waals surface area (Å²) in [4.78, 5) is 0. The number of nitrogens with zero attached hydrogens (tertiary/aromatic N) is 2. The van der Waals surface area contributed by atoms with Crippen molar-refractivity contribution in [1.82, 2.24) is 10.2 Å². The van der Waals surface area contributed by atoms with Gasteiger partial charge in [-0.1, -0.05) is 34.6 Å². The average Bonchev–Trinajstić information content (AvgIpc) is 2.03. The molecule has 0 saturated heterocycles. The van der Waals surface area contributed by atoms with Gasteiger partial charge < -0.3 is 0 Å². The summed E-state index contributed by atoms with van der Waals surface area (Å²) in [5, 5.41) is 8.42. The standard InChI is InChI=1S/C11H18N2/c1-8(2)9-6-7-10(13-12-9)11(3,4)5/h6-8H,1-5H3. The molecule has 0 aliphatic rings. The van der Waals surface area contributed by atoms with E-state index >= 15 is 0 Å². The highest BCUT2D eigenvalue weighted by atomic mass is 15.1. The molecule has 0 fully saturated rings. The molecule has 0 N–H and O–H groups in total. The summed E-state index contributed by atoms with van der Waals surface area (Å²) < 4.78 is 0. The highest BCUT2D eigenvalue weighted by Crippen LogP contribution is 2.20. The van der Waals surface area contributed by atoms with Crippen LogP contribution in [0.1, 0.15) is 51.9 Å². The first-order chi connectivity index (χ1) is 5.91. The third-order valence-electron chi connectivity index (χ3n) is 2.05.